The molecular weight excluding hydrogens is 250 g/mol. The van der Waals surface area contributed by atoms with Crippen LogP contribution in [0.3, 0.4) is 0 Å². The smallest absolute Gasteiger partial charge is 0.303 e. The molecule has 0 rings (SSSR count). The number of hydrogen-bond donors (Lipinski definition) is 4. The van der Waals surface area contributed by atoms with Crippen LogP contribution in [0.4, 0.5) is 0 Å². The molecule has 2 unspecified atom stereocenters. The van der Waals surface area contributed by atoms with Crippen molar-refractivity contribution in [2.24, 2.45) is 5.73 Å². The van der Waals surface area contributed by atoms with E-state index in [1.165, 1.54) is 0 Å². The molecule has 0 heterocycles. The van der Waals surface area contributed by atoms with Crippen molar-refractivity contribution in [2.45, 2.75) is 58.2 Å². The average Bonchev–Trinajstić information content (AvgIpc) is 2.23. The molecule has 0 radical (unpaired) electrons. The number of carboxylic acids is 1. The Balaban J connectivity index is 4.24. The maximum absolute atomic E-state index is 11.7. The minimum Gasteiger partial charge on any atom is -0.481 e. The monoisotopic (exact) mass is 273 g/mol. The van der Waals surface area contributed by atoms with E-state index in [1.54, 1.807) is 6.92 Å². The number of hydrogen-bond acceptors (Lipinski definition) is 4. The van der Waals surface area contributed by atoms with Crippen molar-refractivity contribution in [3.63, 3.8) is 0 Å². The highest BCUT2D eigenvalue weighted by molar-refractivity contribution is 5.89. The van der Waals surface area contributed by atoms with Gasteiger partial charge in [0.15, 0.2) is 0 Å². The number of carbonyl (C=O) groups is 3. The first-order chi connectivity index (χ1) is 8.53. The molecule has 0 fully saturated rings. The second-order valence-electron chi connectivity index (χ2n) is 5.51. The Morgan fingerprint density at radius 1 is 1.21 bits per heavy atom. The first-order valence-corrected chi connectivity index (χ1v) is 6.12. The van der Waals surface area contributed by atoms with Crippen molar-refractivity contribution in [1.82, 2.24) is 10.6 Å². The summed E-state index contributed by atoms with van der Waals surface area (Å²) in [6.45, 7) is 7.04. The van der Waals surface area contributed by atoms with Gasteiger partial charge in [-0.05, 0) is 34.1 Å². The highest BCUT2D eigenvalue weighted by Crippen LogP contribution is 2.00. The number of carbonyl (C=O) groups excluding carboxylic acids is 2. The number of aliphatic carboxylic acids is 1. The van der Waals surface area contributed by atoms with Crippen LogP contribution in [0.25, 0.3) is 0 Å². The summed E-state index contributed by atoms with van der Waals surface area (Å²) in [6, 6.07) is -1.65. The van der Waals surface area contributed by atoms with Crippen molar-refractivity contribution < 1.29 is 19.5 Å². The molecule has 2 atom stereocenters. The van der Waals surface area contributed by atoms with Crippen LogP contribution < -0.4 is 16.4 Å². The Kier molecular flexibility index (Phi) is 6.47. The van der Waals surface area contributed by atoms with E-state index in [0.717, 1.165) is 0 Å². The fraction of sp³-hybridized carbons (Fsp3) is 0.750. The van der Waals surface area contributed by atoms with E-state index >= 15 is 0 Å². The summed E-state index contributed by atoms with van der Waals surface area (Å²) in [4.78, 5) is 33.7. The molecule has 7 heteroatoms. The highest BCUT2D eigenvalue weighted by atomic mass is 16.4. The zero-order chi connectivity index (χ0) is 15.2. The Morgan fingerprint density at radius 2 is 1.74 bits per heavy atom. The number of nitrogens with one attached hydrogen (secondary N) is 2. The maximum Gasteiger partial charge on any atom is 0.303 e. The first kappa shape index (κ1) is 17.4. The van der Waals surface area contributed by atoms with Gasteiger partial charge >= 0.3 is 5.97 Å². The third kappa shape index (κ3) is 8.15. The van der Waals surface area contributed by atoms with Gasteiger partial charge in [-0.2, -0.15) is 0 Å². The van der Waals surface area contributed by atoms with Crippen LogP contribution in [0.15, 0.2) is 0 Å². The van der Waals surface area contributed by atoms with E-state index in [9.17, 15) is 14.4 Å². The molecule has 110 valence electrons. The lowest BCUT2D eigenvalue weighted by atomic mass is 10.1. The second-order valence-corrected chi connectivity index (χ2v) is 5.51. The summed E-state index contributed by atoms with van der Waals surface area (Å²) in [7, 11) is 0. The third-order valence-electron chi connectivity index (χ3n) is 2.26. The van der Waals surface area contributed by atoms with Gasteiger partial charge in [-0.1, -0.05) is 0 Å². The molecule has 0 aromatic carbocycles. The van der Waals surface area contributed by atoms with Crippen LogP contribution in [0.1, 0.15) is 40.5 Å². The molecule has 0 spiro atoms. The zero-order valence-electron chi connectivity index (χ0n) is 11.8. The van der Waals surface area contributed by atoms with Gasteiger partial charge in [0.1, 0.15) is 6.04 Å². The summed E-state index contributed by atoms with van der Waals surface area (Å²) in [6.07, 6.45) is -0.147. The van der Waals surface area contributed by atoms with E-state index in [4.69, 9.17) is 10.8 Å². The molecule has 0 aliphatic carbocycles. The fourth-order valence-electron chi connectivity index (χ4n) is 1.27. The van der Waals surface area contributed by atoms with Crippen LogP contribution in [-0.4, -0.2) is 40.5 Å². The van der Waals surface area contributed by atoms with Crippen LogP contribution in [0.5, 0.6) is 0 Å². The molecule has 0 aliphatic heterocycles. The van der Waals surface area contributed by atoms with Crippen LogP contribution in [-0.2, 0) is 14.4 Å². The fourth-order valence-corrected chi connectivity index (χ4v) is 1.27. The summed E-state index contributed by atoms with van der Waals surface area (Å²) in [5.41, 5.74) is 5.15. The maximum atomic E-state index is 11.7. The predicted molar refractivity (Wildman–Crippen MR) is 70.3 cm³/mol. The number of rotatable bonds is 6. The second kappa shape index (κ2) is 7.08. The topological polar surface area (TPSA) is 122 Å². The van der Waals surface area contributed by atoms with Gasteiger partial charge < -0.3 is 21.5 Å². The Bertz CT molecular complexity index is 349. The summed E-state index contributed by atoms with van der Waals surface area (Å²) in [5, 5.41) is 13.7. The van der Waals surface area contributed by atoms with Gasteiger partial charge in [-0.25, -0.2) is 0 Å². The minimum absolute atomic E-state index is 0.0365. The predicted octanol–water partition coefficient (Wildman–Crippen LogP) is -0.402. The zero-order valence-corrected chi connectivity index (χ0v) is 11.8. The standard InChI is InChI=1S/C12H23N3O4/c1-7(10(18)15-12(2,3)4)14-11(19)8(13)5-6-9(16)17/h7-8H,5-6,13H2,1-4H3,(H,14,19)(H,15,18)(H,16,17). The molecule has 2 amide bonds. The Morgan fingerprint density at radius 3 is 2.16 bits per heavy atom. The van der Waals surface area contributed by atoms with Gasteiger partial charge in [0.05, 0.1) is 6.04 Å². The summed E-state index contributed by atoms with van der Waals surface area (Å²) < 4.78 is 0. The Hall–Kier alpha value is -1.63. The van der Waals surface area contributed by atoms with Gasteiger partial charge in [0.2, 0.25) is 11.8 Å². The van der Waals surface area contributed by atoms with Crippen LogP contribution in [0.2, 0.25) is 0 Å². The van der Waals surface area contributed by atoms with Crippen molar-refractivity contribution in [3.8, 4) is 0 Å². The average molecular weight is 273 g/mol. The van der Waals surface area contributed by atoms with E-state index in [0.29, 0.717) is 0 Å². The van der Waals surface area contributed by atoms with Gasteiger partial charge in [-0.3, -0.25) is 14.4 Å². The normalized spacial score (nSPS) is 14.4. The third-order valence-corrected chi connectivity index (χ3v) is 2.26. The largest absolute Gasteiger partial charge is 0.481 e. The van der Waals surface area contributed by atoms with Crippen LogP contribution in [0, 0.1) is 0 Å². The highest BCUT2D eigenvalue weighted by Gasteiger charge is 2.23. The van der Waals surface area contributed by atoms with E-state index < -0.39 is 24.0 Å². The van der Waals surface area contributed by atoms with E-state index in [2.05, 4.69) is 10.6 Å². The molecule has 0 aromatic heterocycles. The molecule has 19 heavy (non-hydrogen) atoms. The minimum atomic E-state index is -1.01. The molecule has 0 saturated carbocycles. The first-order valence-electron chi connectivity index (χ1n) is 6.12. The lowest BCUT2D eigenvalue weighted by Crippen LogP contribution is -2.53. The van der Waals surface area contributed by atoms with Gasteiger partial charge in [-0.15, -0.1) is 0 Å². The van der Waals surface area contributed by atoms with Crippen LogP contribution >= 0.6 is 0 Å². The summed E-state index contributed by atoms with van der Waals surface area (Å²) in [5.74, 6) is -1.86. The van der Waals surface area contributed by atoms with E-state index in [-0.39, 0.29) is 24.3 Å². The molecule has 0 saturated heterocycles. The molecule has 5 N–H and O–H groups in total. The van der Waals surface area contributed by atoms with Gasteiger partial charge in [0.25, 0.3) is 0 Å². The SMILES string of the molecule is CC(NC(=O)C(N)CCC(=O)O)C(=O)NC(C)(C)C. The van der Waals surface area contributed by atoms with Crippen molar-refractivity contribution in [3.05, 3.63) is 0 Å². The van der Waals surface area contributed by atoms with E-state index in [1.807, 2.05) is 20.8 Å². The molecule has 0 aromatic rings. The quantitative estimate of drug-likeness (QED) is 0.524. The molecular formula is C12H23N3O4. The summed E-state index contributed by atoms with van der Waals surface area (Å²) >= 11 is 0. The van der Waals surface area contributed by atoms with Crippen molar-refractivity contribution >= 4 is 17.8 Å². The Labute approximate surface area is 112 Å². The van der Waals surface area contributed by atoms with Crippen molar-refractivity contribution in [1.29, 1.82) is 0 Å². The lowest BCUT2D eigenvalue weighted by Gasteiger charge is -2.24. The molecule has 7 nitrogen and oxygen atoms in total. The molecule has 0 bridgehead atoms. The molecule has 0 aliphatic rings. The van der Waals surface area contributed by atoms with Gasteiger partial charge in [0, 0.05) is 12.0 Å². The number of carboxylic acid groups (broad SMARTS) is 1. The van der Waals surface area contributed by atoms with Crippen molar-refractivity contribution in [2.75, 3.05) is 0 Å². The number of nitrogens with two attached hydrogens (primary N) is 1. The lowest BCUT2D eigenvalue weighted by molar-refractivity contribution is -0.137. The number of amides is 2.